The van der Waals surface area contributed by atoms with Gasteiger partial charge in [-0.05, 0) is 122 Å². The second kappa shape index (κ2) is 12.1. The summed E-state index contributed by atoms with van der Waals surface area (Å²) in [7, 11) is 0. The molecule has 276 valence electrons. The number of hydrogen-bond donors (Lipinski definition) is 0. The number of aryl methyl sites for hydroxylation is 3. The Morgan fingerprint density at radius 2 is 0.800 bits per heavy atom. The summed E-state index contributed by atoms with van der Waals surface area (Å²) >= 11 is 0. The van der Waals surface area contributed by atoms with Gasteiger partial charge >= 0.3 is 18.5 Å². The van der Waals surface area contributed by atoms with Crippen LogP contribution in [0.3, 0.4) is 0 Å². The van der Waals surface area contributed by atoms with Crippen LogP contribution in [0.4, 0.5) is 39.5 Å². The van der Waals surface area contributed by atoms with Crippen LogP contribution in [0, 0.1) is 32.1 Å². The van der Waals surface area contributed by atoms with Crippen molar-refractivity contribution in [3.63, 3.8) is 0 Å². The third kappa shape index (κ3) is 5.95. The van der Waals surface area contributed by atoms with Crippen molar-refractivity contribution in [2.45, 2.75) is 39.3 Å². The summed E-state index contributed by atoms with van der Waals surface area (Å²) in [5, 5.41) is 12.4. The monoisotopic (exact) mass is 755 g/mol. The molecule has 2 aromatic heterocycles. The Labute approximate surface area is 307 Å². The highest BCUT2D eigenvalue weighted by molar-refractivity contribution is 6.12. The predicted octanol–water partition coefficient (Wildman–Crippen LogP) is 13.4. The number of aromatic nitrogens is 2. The molecule has 0 amide bonds. The molecule has 8 rings (SSSR count). The van der Waals surface area contributed by atoms with Crippen LogP contribution in [-0.2, 0) is 18.5 Å². The molecule has 0 aliphatic carbocycles. The molecular weight excluding hydrogens is 729 g/mol. The molecule has 0 bridgehead atoms. The van der Waals surface area contributed by atoms with Gasteiger partial charge in [-0.15, -0.1) is 0 Å². The van der Waals surface area contributed by atoms with E-state index in [0.29, 0.717) is 11.0 Å². The highest BCUT2D eigenvalue weighted by Gasteiger charge is 2.34. The molecule has 0 aliphatic heterocycles. The third-order valence-electron chi connectivity index (χ3n) is 9.92. The van der Waals surface area contributed by atoms with Gasteiger partial charge in [0.25, 0.3) is 0 Å². The topological polar surface area (TPSA) is 33.6 Å². The van der Waals surface area contributed by atoms with Crippen molar-refractivity contribution in [2.24, 2.45) is 0 Å². The molecule has 0 aliphatic rings. The van der Waals surface area contributed by atoms with Gasteiger partial charge in [0.15, 0.2) is 0 Å². The second-order valence-corrected chi connectivity index (χ2v) is 13.8. The van der Waals surface area contributed by atoms with Crippen LogP contribution in [-0.4, -0.2) is 9.13 Å². The van der Waals surface area contributed by atoms with Crippen molar-refractivity contribution in [1.29, 1.82) is 5.26 Å². The fourth-order valence-electron chi connectivity index (χ4n) is 7.51. The molecule has 6 aromatic carbocycles. The maximum atomic E-state index is 14.2. The van der Waals surface area contributed by atoms with E-state index in [1.807, 2.05) is 54.8 Å². The van der Waals surface area contributed by atoms with Gasteiger partial charge in [-0.2, -0.15) is 44.8 Å². The quantitative estimate of drug-likeness (QED) is 0.165. The Kier molecular flexibility index (Phi) is 7.90. The zero-order valence-corrected chi connectivity index (χ0v) is 29.1. The van der Waals surface area contributed by atoms with E-state index in [2.05, 4.69) is 6.07 Å². The Hall–Kier alpha value is -6.22. The van der Waals surface area contributed by atoms with Crippen molar-refractivity contribution in [2.75, 3.05) is 0 Å². The van der Waals surface area contributed by atoms with Gasteiger partial charge in [0, 0.05) is 21.5 Å². The first-order chi connectivity index (χ1) is 25.8. The number of halogens is 9. The summed E-state index contributed by atoms with van der Waals surface area (Å²) in [5.41, 5.74) is 1.12. The lowest BCUT2D eigenvalue weighted by atomic mass is 9.96. The predicted molar refractivity (Wildman–Crippen MR) is 194 cm³/mol. The van der Waals surface area contributed by atoms with Crippen molar-refractivity contribution in [3.8, 4) is 28.6 Å². The molecule has 0 spiro atoms. The van der Waals surface area contributed by atoms with E-state index in [9.17, 15) is 44.8 Å². The highest BCUT2D eigenvalue weighted by atomic mass is 19.4. The molecular formula is C43H26F9N3. The van der Waals surface area contributed by atoms with Gasteiger partial charge in [0.2, 0.25) is 0 Å². The number of rotatable bonds is 3. The van der Waals surface area contributed by atoms with E-state index in [1.54, 1.807) is 12.1 Å². The first-order valence-corrected chi connectivity index (χ1v) is 16.9. The van der Waals surface area contributed by atoms with E-state index in [1.165, 1.54) is 17.6 Å². The average molecular weight is 756 g/mol. The fourth-order valence-corrected chi connectivity index (χ4v) is 7.51. The highest BCUT2D eigenvalue weighted by Crippen LogP contribution is 2.44. The van der Waals surface area contributed by atoms with E-state index in [0.717, 1.165) is 70.4 Å². The molecule has 8 aromatic rings. The van der Waals surface area contributed by atoms with Crippen molar-refractivity contribution in [1.82, 2.24) is 9.13 Å². The zero-order chi connectivity index (χ0) is 39.4. The maximum absolute atomic E-state index is 14.2. The van der Waals surface area contributed by atoms with Gasteiger partial charge in [-0.3, -0.25) is 0 Å². The minimum atomic E-state index is -4.83. The summed E-state index contributed by atoms with van der Waals surface area (Å²) in [6.45, 7) is 5.35. The van der Waals surface area contributed by atoms with Crippen LogP contribution in [0.5, 0.6) is 0 Å². The second-order valence-electron chi connectivity index (χ2n) is 13.8. The molecule has 0 fully saturated rings. The third-order valence-corrected chi connectivity index (χ3v) is 9.92. The van der Waals surface area contributed by atoms with Crippen molar-refractivity contribution in [3.05, 3.63) is 142 Å². The number of nitriles is 1. The Morgan fingerprint density at radius 1 is 0.418 bits per heavy atom. The Balaban J connectivity index is 1.56. The van der Waals surface area contributed by atoms with Gasteiger partial charge in [-0.25, -0.2) is 0 Å². The molecule has 0 N–H and O–H groups in total. The van der Waals surface area contributed by atoms with Crippen LogP contribution >= 0.6 is 0 Å². The molecule has 3 nitrogen and oxygen atoms in total. The lowest BCUT2D eigenvalue weighted by Crippen LogP contribution is -2.07. The van der Waals surface area contributed by atoms with Gasteiger partial charge < -0.3 is 9.13 Å². The first-order valence-electron chi connectivity index (χ1n) is 16.9. The molecule has 0 atom stereocenters. The summed E-state index contributed by atoms with van der Waals surface area (Å²) in [4.78, 5) is 0. The van der Waals surface area contributed by atoms with E-state index in [4.69, 9.17) is 0 Å². The maximum Gasteiger partial charge on any atom is 0.416 e. The van der Waals surface area contributed by atoms with Crippen LogP contribution in [0.2, 0.25) is 0 Å². The molecule has 55 heavy (non-hydrogen) atoms. The van der Waals surface area contributed by atoms with Crippen LogP contribution in [0.1, 0.15) is 38.9 Å². The van der Waals surface area contributed by atoms with Crippen LogP contribution in [0.15, 0.2) is 103 Å². The minimum Gasteiger partial charge on any atom is -0.308 e. The molecule has 0 saturated heterocycles. The largest absolute Gasteiger partial charge is 0.416 e. The van der Waals surface area contributed by atoms with Crippen molar-refractivity contribution >= 4 is 43.6 Å². The van der Waals surface area contributed by atoms with Crippen molar-refractivity contribution < 1.29 is 39.5 Å². The summed E-state index contributed by atoms with van der Waals surface area (Å²) in [6.07, 6.45) is -14.4. The van der Waals surface area contributed by atoms with Gasteiger partial charge in [-0.1, -0.05) is 29.3 Å². The van der Waals surface area contributed by atoms with E-state index >= 15 is 0 Å². The van der Waals surface area contributed by atoms with E-state index < -0.39 is 35.2 Å². The molecule has 0 unspecified atom stereocenters. The van der Waals surface area contributed by atoms with Gasteiger partial charge in [0.1, 0.15) is 11.6 Å². The number of benzene rings is 6. The summed E-state index contributed by atoms with van der Waals surface area (Å²) < 4.78 is 130. The number of nitrogens with zero attached hydrogens (tertiary/aromatic N) is 3. The molecule has 12 heteroatoms. The molecule has 0 radical (unpaired) electrons. The molecule has 0 saturated carbocycles. The number of fused-ring (bicyclic) bond motifs is 6. The Bertz CT molecular complexity index is 2800. The summed E-state index contributed by atoms with van der Waals surface area (Å²) in [6, 6.07) is 25.6. The normalized spacial score (nSPS) is 12.7. The van der Waals surface area contributed by atoms with Gasteiger partial charge in [0.05, 0.1) is 50.1 Å². The lowest BCUT2D eigenvalue weighted by molar-refractivity contribution is -0.138. The first kappa shape index (κ1) is 35.8. The smallest absolute Gasteiger partial charge is 0.308 e. The minimum absolute atomic E-state index is 0.0222. The zero-order valence-electron chi connectivity index (χ0n) is 29.1. The molecule has 2 heterocycles. The fraction of sp³-hybridized carbons (Fsp3) is 0.140. The number of hydrogen-bond acceptors (Lipinski definition) is 1. The average Bonchev–Trinajstić information content (AvgIpc) is 3.60. The standard InChI is InChI=1S/C43H26F9N3/c1-22-4-8-35-30(14-22)31-15-23(2)5-9-36(31)54(35)39-17-26(25-12-24(3)13-29(16-25)43(50,51)52)18-40(34(39)21-53)55-37-10-6-27(41(44,45)46)19-32(37)33-20-28(42(47,48)49)7-11-38(33)55/h4-20H,1-3H3. The summed E-state index contributed by atoms with van der Waals surface area (Å²) in [5.74, 6) is 0. The van der Waals surface area contributed by atoms with E-state index in [-0.39, 0.29) is 55.4 Å². The van der Waals surface area contributed by atoms with Crippen LogP contribution in [0.25, 0.3) is 66.1 Å². The number of alkyl halides is 9. The SMILES string of the molecule is Cc1cc(-c2cc(-n3c4ccc(C)cc4c4cc(C)ccc43)c(C#N)c(-n3c4ccc(C(F)(F)F)cc4c4cc(C(F)(F)F)ccc43)c2)cc(C(F)(F)F)c1. The Morgan fingerprint density at radius 3 is 1.20 bits per heavy atom. The lowest BCUT2D eigenvalue weighted by Gasteiger charge is -2.19. The van der Waals surface area contributed by atoms with Crippen LogP contribution < -0.4 is 0 Å².